The van der Waals surface area contributed by atoms with E-state index < -0.39 is 0 Å². The van der Waals surface area contributed by atoms with E-state index in [9.17, 15) is 0 Å². The molecule has 3 heteroatoms. The van der Waals surface area contributed by atoms with Gasteiger partial charge in [0, 0.05) is 46.9 Å². The van der Waals surface area contributed by atoms with E-state index in [4.69, 9.17) is 0 Å². The summed E-state index contributed by atoms with van der Waals surface area (Å²) in [6.07, 6.45) is 20.2. The standard InChI is InChI=1S/C62H51N3/c1-5-7-18-46(6-2)47-25-32-54(33-26-47)65(56-36-29-49(30-37-56)53-21-15-39-63-43-53)55-34-27-48(28-35-55)50-19-14-20-51(41-50)52-31-38-59-60(42-52)58-23-10-11-24-61(58)64-40-13-12-17-45(4)62(59)57-22-9-8-16-44(57)3/h5-43,64H,2H2,1,3-4H3/b7-5-,17-12-,40-13+,46-18+,62-45-. The maximum absolute atomic E-state index is 4.34. The minimum absolute atomic E-state index is 1.06. The van der Waals surface area contributed by atoms with Crippen LogP contribution in [0.2, 0.25) is 0 Å². The molecule has 0 aliphatic carbocycles. The summed E-state index contributed by atoms with van der Waals surface area (Å²) in [5, 5.41) is 3.57. The first kappa shape index (κ1) is 42.1. The van der Waals surface area contributed by atoms with Gasteiger partial charge in [0.1, 0.15) is 0 Å². The summed E-state index contributed by atoms with van der Waals surface area (Å²) < 4.78 is 0. The van der Waals surface area contributed by atoms with E-state index in [2.05, 4.69) is 230 Å². The molecule has 0 saturated carbocycles. The number of hydrogen-bond donors (Lipinski definition) is 1. The van der Waals surface area contributed by atoms with Crippen LogP contribution >= 0.6 is 0 Å². The van der Waals surface area contributed by atoms with Crippen molar-refractivity contribution in [3.63, 3.8) is 0 Å². The second-order valence-corrected chi connectivity index (χ2v) is 16.2. The smallest absolute Gasteiger partial charge is 0.0462 e. The molecule has 0 atom stereocenters. The molecule has 2 heterocycles. The first-order chi connectivity index (χ1) is 32.0. The van der Waals surface area contributed by atoms with Gasteiger partial charge in [0.15, 0.2) is 0 Å². The van der Waals surface area contributed by atoms with E-state index in [-0.39, 0.29) is 0 Å². The van der Waals surface area contributed by atoms with Gasteiger partial charge < -0.3 is 10.2 Å². The summed E-state index contributed by atoms with van der Waals surface area (Å²) in [4.78, 5) is 6.65. The normalized spacial score (nSPS) is 14.7. The quantitative estimate of drug-likeness (QED) is 0.139. The second kappa shape index (κ2) is 19.4. The third-order valence-corrected chi connectivity index (χ3v) is 12.0. The lowest BCUT2D eigenvalue weighted by Crippen LogP contribution is -2.10. The van der Waals surface area contributed by atoms with Gasteiger partial charge in [-0.15, -0.1) is 0 Å². The Morgan fingerprint density at radius 2 is 1.17 bits per heavy atom. The highest BCUT2D eigenvalue weighted by molar-refractivity contribution is 5.96. The molecule has 0 amide bonds. The van der Waals surface area contributed by atoms with Gasteiger partial charge in [-0.3, -0.25) is 4.98 Å². The zero-order valence-electron chi connectivity index (χ0n) is 37.1. The molecule has 1 aliphatic heterocycles. The molecule has 7 aromatic carbocycles. The molecule has 0 fully saturated rings. The largest absolute Gasteiger partial charge is 0.361 e. The summed E-state index contributed by atoms with van der Waals surface area (Å²) in [5.41, 5.74) is 21.7. The van der Waals surface area contributed by atoms with Crippen molar-refractivity contribution in [2.24, 2.45) is 0 Å². The molecule has 1 N–H and O–H groups in total. The number of nitrogens with zero attached hydrogens (tertiary/aromatic N) is 2. The fraction of sp³-hybridized carbons (Fsp3) is 0.0484. The summed E-state index contributed by atoms with van der Waals surface area (Å²) in [6, 6.07) is 63.5. The topological polar surface area (TPSA) is 28.2 Å². The number of pyridine rings is 1. The second-order valence-electron chi connectivity index (χ2n) is 16.2. The van der Waals surface area contributed by atoms with Gasteiger partial charge >= 0.3 is 0 Å². The number of nitrogens with one attached hydrogen (secondary N) is 1. The van der Waals surface area contributed by atoms with Gasteiger partial charge in [-0.25, -0.2) is 0 Å². The van der Waals surface area contributed by atoms with Crippen LogP contribution in [0.4, 0.5) is 22.7 Å². The van der Waals surface area contributed by atoms with Gasteiger partial charge in [-0.2, -0.15) is 0 Å². The van der Waals surface area contributed by atoms with Gasteiger partial charge in [0.25, 0.3) is 0 Å². The Morgan fingerprint density at radius 1 is 0.554 bits per heavy atom. The Kier molecular flexibility index (Phi) is 12.6. The van der Waals surface area contributed by atoms with Crippen LogP contribution < -0.4 is 10.2 Å². The molecule has 8 aromatic rings. The Balaban J connectivity index is 1.09. The molecule has 65 heavy (non-hydrogen) atoms. The zero-order valence-corrected chi connectivity index (χ0v) is 37.1. The van der Waals surface area contributed by atoms with Crippen LogP contribution in [0, 0.1) is 6.92 Å². The Bertz CT molecular complexity index is 3130. The number of rotatable bonds is 10. The van der Waals surface area contributed by atoms with Crippen LogP contribution in [-0.2, 0) is 0 Å². The summed E-state index contributed by atoms with van der Waals surface area (Å²) in [5.74, 6) is 0. The Labute approximate surface area is 384 Å². The molecular formula is C62H51N3. The van der Waals surface area contributed by atoms with Crippen LogP contribution in [0.3, 0.4) is 0 Å². The van der Waals surface area contributed by atoms with Crippen molar-refractivity contribution in [3.05, 3.63) is 271 Å². The zero-order chi connectivity index (χ0) is 44.5. The van der Waals surface area contributed by atoms with Crippen LogP contribution in [-0.4, -0.2) is 4.98 Å². The van der Waals surface area contributed by atoms with E-state index in [0.29, 0.717) is 0 Å². The molecule has 0 radical (unpaired) electrons. The highest BCUT2D eigenvalue weighted by atomic mass is 15.1. The van der Waals surface area contributed by atoms with Crippen LogP contribution in [0.15, 0.2) is 249 Å². The van der Waals surface area contributed by atoms with Gasteiger partial charge in [0.05, 0.1) is 0 Å². The predicted molar refractivity (Wildman–Crippen MR) is 278 cm³/mol. The maximum atomic E-state index is 4.34. The van der Waals surface area contributed by atoms with Gasteiger partial charge in [0.2, 0.25) is 0 Å². The van der Waals surface area contributed by atoms with Gasteiger partial charge in [-0.1, -0.05) is 158 Å². The van der Waals surface area contributed by atoms with E-state index in [1.54, 1.807) is 0 Å². The molecule has 0 unspecified atom stereocenters. The number of aryl methyl sites for hydroxylation is 1. The number of hydrogen-bond acceptors (Lipinski definition) is 3. The number of anilines is 4. The van der Waals surface area contributed by atoms with Crippen molar-refractivity contribution >= 4 is 33.9 Å². The lowest BCUT2D eigenvalue weighted by molar-refractivity contribution is 1.28. The van der Waals surface area contributed by atoms with Crippen molar-refractivity contribution < 1.29 is 0 Å². The minimum Gasteiger partial charge on any atom is -0.361 e. The first-order valence-corrected chi connectivity index (χ1v) is 22.2. The van der Waals surface area contributed by atoms with E-state index >= 15 is 0 Å². The highest BCUT2D eigenvalue weighted by Gasteiger charge is 2.19. The molecule has 1 aliphatic rings. The lowest BCUT2D eigenvalue weighted by atomic mass is 9.84. The van der Waals surface area contributed by atoms with Crippen LogP contribution in [0.25, 0.3) is 55.7 Å². The predicted octanol–water partition coefficient (Wildman–Crippen LogP) is 17.0. The molecule has 3 nitrogen and oxygen atoms in total. The number of fused-ring (bicyclic) bond motifs is 3. The summed E-state index contributed by atoms with van der Waals surface area (Å²) in [6.45, 7) is 10.5. The molecular weight excluding hydrogens is 787 g/mol. The van der Waals surface area contributed by atoms with E-state index in [1.807, 2.05) is 49.8 Å². The van der Waals surface area contributed by atoms with Gasteiger partial charge in [-0.05, 0) is 165 Å². The Hall–Kier alpha value is -8.27. The number of allylic oxidation sites excluding steroid dienone is 9. The highest BCUT2D eigenvalue weighted by Crippen LogP contribution is 2.43. The fourth-order valence-electron chi connectivity index (χ4n) is 8.66. The molecule has 9 rings (SSSR count). The van der Waals surface area contributed by atoms with Crippen LogP contribution in [0.5, 0.6) is 0 Å². The maximum Gasteiger partial charge on any atom is 0.0462 e. The number of benzene rings is 7. The number of aromatic nitrogens is 1. The molecule has 314 valence electrons. The average molecular weight is 838 g/mol. The Morgan fingerprint density at radius 3 is 1.85 bits per heavy atom. The van der Waals surface area contributed by atoms with Crippen molar-refractivity contribution in [1.82, 2.24) is 4.98 Å². The molecule has 0 spiro atoms. The molecule has 1 aromatic heterocycles. The summed E-state index contributed by atoms with van der Waals surface area (Å²) >= 11 is 0. The molecule has 0 saturated heterocycles. The van der Waals surface area contributed by atoms with Crippen molar-refractivity contribution in [1.29, 1.82) is 0 Å². The third-order valence-electron chi connectivity index (χ3n) is 12.0. The first-order valence-electron chi connectivity index (χ1n) is 22.2. The third kappa shape index (κ3) is 9.13. The average Bonchev–Trinajstić information content (AvgIpc) is 3.38. The van der Waals surface area contributed by atoms with E-state index in [0.717, 1.165) is 72.8 Å². The van der Waals surface area contributed by atoms with Crippen molar-refractivity contribution in [3.8, 4) is 44.5 Å². The molecule has 0 bridgehead atoms. The van der Waals surface area contributed by atoms with E-state index in [1.165, 1.54) is 33.4 Å². The fourth-order valence-corrected chi connectivity index (χ4v) is 8.66. The van der Waals surface area contributed by atoms with Crippen molar-refractivity contribution in [2.75, 3.05) is 10.2 Å². The lowest BCUT2D eigenvalue weighted by Gasteiger charge is -2.26. The van der Waals surface area contributed by atoms with Crippen molar-refractivity contribution in [2.45, 2.75) is 20.8 Å². The SMILES string of the molecule is C=C/C(=C\C=C/C)c1ccc(N(c2ccc(-c3cccnc3)cc2)c2ccc(-c3cccc(-c4ccc5c(c4)-c4ccccc4N/C=C/C=C\C(C)=C/5c4ccccc4C)c3)cc2)cc1. The van der Waals surface area contributed by atoms with Crippen LogP contribution in [0.1, 0.15) is 36.1 Å². The summed E-state index contributed by atoms with van der Waals surface area (Å²) in [7, 11) is 0. The number of para-hydroxylation sites is 1. The minimum atomic E-state index is 1.06. The monoisotopic (exact) mass is 837 g/mol.